The van der Waals surface area contributed by atoms with Gasteiger partial charge in [-0.2, -0.15) is 0 Å². The lowest BCUT2D eigenvalue weighted by Gasteiger charge is -2.21. The number of amides is 1. The monoisotopic (exact) mass is 444 g/mol. The summed E-state index contributed by atoms with van der Waals surface area (Å²) in [7, 11) is 3.34. The SMILES string of the molecule is COc1ccc(-c2cc3c(cc2-c2ccc(OC)cc2)CC(=O)N(CCC(C)N)CC3)cc1. The molecule has 3 aromatic carbocycles. The van der Waals surface area contributed by atoms with Gasteiger partial charge in [0.05, 0.1) is 20.6 Å². The van der Waals surface area contributed by atoms with Gasteiger partial charge in [-0.15, -0.1) is 0 Å². The smallest absolute Gasteiger partial charge is 0.227 e. The van der Waals surface area contributed by atoms with Crippen molar-refractivity contribution in [2.45, 2.75) is 32.2 Å². The Labute approximate surface area is 196 Å². The summed E-state index contributed by atoms with van der Waals surface area (Å²) in [6, 6.07) is 20.8. The molecule has 1 atom stereocenters. The molecule has 2 N–H and O–H groups in total. The fraction of sp³-hybridized carbons (Fsp3) is 0.321. The van der Waals surface area contributed by atoms with Crippen LogP contribution >= 0.6 is 0 Å². The van der Waals surface area contributed by atoms with Crippen LogP contribution in [0.4, 0.5) is 0 Å². The van der Waals surface area contributed by atoms with Crippen molar-refractivity contribution in [1.82, 2.24) is 4.90 Å². The van der Waals surface area contributed by atoms with E-state index in [1.165, 1.54) is 5.56 Å². The fourth-order valence-corrected chi connectivity index (χ4v) is 4.36. The van der Waals surface area contributed by atoms with Crippen molar-refractivity contribution in [2.75, 3.05) is 27.3 Å². The van der Waals surface area contributed by atoms with Gasteiger partial charge in [0.15, 0.2) is 0 Å². The summed E-state index contributed by atoms with van der Waals surface area (Å²) < 4.78 is 10.7. The maximum Gasteiger partial charge on any atom is 0.227 e. The second kappa shape index (κ2) is 10.1. The van der Waals surface area contributed by atoms with Crippen LogP contribution < -0.4 is 15.2 Å². The van der Waals surface area contributed by atoms with Gasteiger partial charge in [-0.05, 0) is 83.5 Å². The Hall–Kier alpha value is -3.31. The highest BCUT2D eigenvalue weighted by atomic mass is 16.5. The molecule has 5 nitrogen and oxygen atoms in total. The van der Waals surface area contributed by atoms with Crippen molar-refractivity contribution in [3.05, 3.63) is 71.8 Å². The minimum atomic E-state index is 0.0896. The molecule has 5 heteroatoms. The standard InChI is InChI=1S/C28H32N2O3/c1-19(29)12-14-30-15-13-22-16-26(20-4-8-24(32-2)9-5-20)27(17-23(22)18-28(30)31)21-6-10-25(33-3)11-7-21/h4-11,16-17,19H,12-15,18,29H2,1-3H3. The van der Waals surface area contributed by atoms with Gasteiger partial charge in [0, 0.05) is 19.1 Å². The quantitative estimate of drug-likeness (QED) is 0.574. The minimum absolute atomic E-state index is 0.0896. The van der Waals surface area contributed by atoms with E-state index in [9.17, 15) is 4.79 Å². The molecule has 0 radical (unpaired) electrons. The number of methoxy groups -OCH3 is 2. The summed E-state index contributed by atoms with van der Waals surface area (Å²) in [5.41, 5.74) is 12.7. The lowest BCUT2D eigenvalue weighted by atomic mass is 9.88. The van der Waals surface area contributed by atoms with E-state index in [-0.39, 0.29) is 11.9 Å². The first-order chi connectivity index (χ1) is 16.0. The third kappa shape index (κ3) is 5.20. The molecule has 0 bridgehead atoms. The molecule has 0 saturated heterocycles. The number of fused-ring (bicyclic) bond motifs is 1. The summed E-state index contributed by atoms with van der Waals surface area (Å²) in [5, 5.41) is 0. The van der Waals surface area contributed by atoms with Gasteiger partial charge >= 0.3 is 0 Å². The van der Waals surface area contributed by atoms with Crippen LogP contribution in [-0.2, 0) is 17.6 Å². The van der Waals surface area contributed by atoms with Gasteiger partial charge in [-0.3, -0.25) is 4.79 Å². The average Bonchev–Trinajstić information content (AvgIpc) is 2.99. The first-order valence-electron chi connectivity index (χ1n) is 11.5. The Morgan fingerprint density at radius 3 is 1.88 bits per heavy atom. The van der Waals surface area contributed by atoms with Gasteiger partial charge in [0.25, 0.3) is 0 Å². The molecule has 0 fully saturated rings. The van der Waals surface area contributed by atoms with Crippen molar-refractivity contribution in [2.24, 2.45) is 5.73 Å². The molecule has 0 saturated carbocycles. The summed E-state index contributed by atoms with van der Waals surface area (Å²) in [5.74, 6) is 1.82. The molecule has 1 amide bonds. The van der Waals surface area contributed by atoms with Crippen LogP contribution in [0.1, 0.15) is 24.5 Å². The molecular weight excluding hydrogens is 412 g/mol. The molecular formula is C28H32N2O3. The highest BCUT2D eigenvalue weighted by Gasteiger charge is 2.23. The number of carbonyl (C=O) groups excluding carboxylic acids is 1. The van der Waals surface area contributed by atoms with Gasteiger partial charge in [-0.1, -0.05) is 30.3 Å². The highest BCUT2D eigenvalue weighted by molar-refractivity contribution is 5.87. The van der Waals surface area contributed by atoms with Crippen LogP contribution in [0.5, 0.6) is 11.5 Å². The predicted molar refractivity (Wildman–Crippen MR) is 133 cm³/mol. The molecule has 33 heavy (non-hydrogen) atoms. The van der Waals surface area contributed by atoms with E-state index in [4.69, 9.17) is 15.2 Å². The number of benzene rings is 3. The topological polar surface area (TPSA) is 64.8 Å². The number of nitrogens with zero attached hydrogens (tertiary/aromatic N) is 1. The largest absolute Gasteiger partial charge is 0.497 e. The first-order valence-corrected chi connectivity index (χ1v) is 11.5. The van der Waals surface area contributed by atoms with E-state index in [0.717, 1.165) is 58.7 Å². The summed E-state index contributed by atoms with van der Waals surface area (Å²) in [4.78, 5) is 15.0. The van der Waals surface area contributed by atoms with E-state index in [1.54, 1.807) is 14.2 Å². The van der Waals surface area contributed by atoms with Crippen molar-refractivity contribution < 1.29 is 14.3 Å². The van der Waals surface area contributed by atoms with Gasteiger partial charge in [0.2, 0.25) is 5.91 Å². The molecule has 0 aromatic heterocycles. The molecule has 0 spiro atoms. The van der Waals surface area contributed by atoms with E-state index < -0.39 is 0 Å². The van der Waals surface area contributed by atoms with Gasteiger partial charge in [0.1, 0.15) is 11.5 Å². The average molecular weight is 445 g/mol. The zero-order valence-corrected chi connectivity index (χ0v) is 19.6. The zero-order valence-electron chi connectivity index (χ0n) is 19.6. The van der Waals surface area contributed by atoms with Crippen molar-refractivity contribution in [1.29, 1.82) is 0 Å². The molecule has 1 heterocycles. The van der Waals surface area contributed by atoms with Gasteiger partial charge < -0.3 is 20.1 Å². The highest BCUT2D eigenvalue weighted by Crippen LogP contribution is 2.37. The molecule has 1 aliphatic rings. The third-order valence-corrected chi connectivity index (χ3v) is 6.34. The minimum Gasteiger partial charge on any atom is -0.497 e. The van der Waals surface area contributed by atoms with E-state index in [2.05, 4.69) is 36.4 Å². The first kappa shape index (κ1) is 22.9. The molecule has 1 aliphatic heterocycles. The van der Waals surface area contributed by atoms with Crippen molar-refractivity contribution >= 4 is 5.91 Å². The van der Waals surface area contributed by atoms with Crippen molar-refractivity contribution in [3.63, 3.8) is 0 Å². The predicted octanol–water partition coefficient (Wildman–Crippen LogP) is 4.70. The van der Waals surface area contributed by atoms with Crippen LogP contribution in [0.2, 0.25) is 0 Å². The Morgan fingerprint density at radius 1 is 0.879 bits per heavy atom. The molecule has 172 valence electrons. The fourth-order valence-electron chi connectivity index (χ4n) is 4.36. The number of rotatable bonds is 7. The molecule has 0 aliphatic carbocycles. The van der Waals surface area contributed by atoms with Crippen LogP contribution in [0.25, 0.3) is 22.3 Å². The second-order valence-electron chi connectivity index (χ2n) is 8.70. The summed E-state index contributed by atoms with van der Waals surface area (Å²) in [6.07, 6.45) is 2.07. The molecule has 1 unspecified atom stereocenters. The number of hydrogen-bond donors (Lipinski definition) is 1. The molecule has 4 rings (SSSR count). The maximum absolute atomic E-state index is 13.0. The Balaban J connectivity index is 1.76. The zero-order chi connectivity index (χ0) is 23.4. The third-order valence-electron chi connectivity index (χ3n) is 6.34. The number of ether oxygens (including phenoxy) is 2. The Kier molecular flexibility index (Phi) is 6.99. The van der Waals surface area contributed by atoms with E-state index in [0.29, 0.717) is 13.0 Å². The number of hydrogen-bond acceptors (Lipinski definition) is 4. The normalized spacial score (nSPS) is 14.4. The Morgan fingerprint density at radius 2 is 1.39 bits per heavy atom. The lowest BCUT2D eigenvalue weighted by Crippen LogP contribution is -2.35. The van der Waals surface area contributed by atoms with Crippen LogP contribution in [-0.4, -0.2) is 44.2 Å². The second-order valence-corrected chi connectivity index (χ2v) is 8.70. The van der Waals surface area contributed by atoms with Crippen LogP contribution in [0, 0.1) is 0 Å². The molecule has 3 aromatic rings. The van der Waals surface area contributed by atoms with E-state index in [1.807, 2.05) is 36.1 Å². The van der Waals surface area contributed by atoms with E-state index >= 15 is 0 Å². The number of nitrogens with two attached hydrogens (primary N) is 1. The maximum atomic E-state index is 13.0. The summed E-state index contributed by atoms with van der Waals surface area (Å²) in [6.45, 7) is 3.42. The van der Waals surface area contributed by atoms with Crippen LogP contribution in [0.15, 0.2) is 60.7 Å². The lowest BCUT2D eigenvalue weighted by molar-refractivity contribution is -0.130. The van der Waals surface area contributed by atoms with Crippen LogP contribution in [0.3, 0.4) is 0 Å². The van der Waals surface area contributed by atoms with Crippen molar-refractivity contribution in [3.8, 4) is 33.8 Å². The Bertz CT molecular complexity index is 1110. The summed E-state index contributed by atoms with van der Waals surface area (Å²) >= 11 is 0. The number of carbonyl (C=O) groups is 1. The van der Waals surface area contributed by atoms with Gasteiger partial charge in [-0.25, -0.2) is 0 Å².